The summed E-state index contributed by atoms with van der Waals surface area (Å²) < 4.78 is 0.0833. The molecule has 0 aliphatic rings. The molecule has 1 nitrogen and oxygen atoms in total. The highest BCUT2D eigenvalue weighted by Gasteiger charge is 2.18. The molecule has 0 amide bonds. The molecule has 80 valence electrons. The van der Waals surface area contributed by atoms with Crippen LogP contribution in [-0.2, 0) is 12.6 Å². The zero-order valence-electron chi connectivity index (χ0n) is 8.12. The van der Waals surface area contributed by atoms with E-state index in [1.54, 1.807) is 0 Å². The molecule has 2 N–H and O–H groups in total. The van der Waals surface area contributed by atoms with Gasteiger partial charge in [-0.25, -0.2) is 0 Å². The number of thiol groups is 2. The number of hydrogen-bond acceptors (Lipinski definition) is 4. The van der Waals surface area contributed by atoms with E-state index < -0.39 is 0 Å². The molecule has 13 heavy (non-hydrogen) atoms. The Bertz CT molecular complexity index is 130. The number of thiocarbonyl (C=S) groups is 1. The predicted molar refractivity (Wildman–Crippen MR) is 74.9 cm³/mol. The lowest BCUT2D eigenvalue weighted by Gasteiger charge is -2.24. The lowest BCUT2D eigenvalue weighted by molar-refractivity contribution is 0.394. The summed E-state index contributed by atoms with van der Waals surface area (Å²) in [4.78, 5) is 0. The minimum Gasteiger partial charge on any atom is -0.415 e. The van der Waals surface area contributed by atoms with Crippen LogP contribution >= 0.6 is 37.5 Å². The largest absolute Gasteiger partial charge is 0.415 e. The van der Waals surface area contributed by atoms with E-state index in [1.807, 2.05) is 0 Å². The van der Waals surface area contributed by atoms with Gasteiger partial charge in [-0.15, -0.1) is 0 Å². The van der Waals surface area contributed by atoms with Crippen molar-refractivity contribution in [1.82, 2.24) is 0 Å². The fourth-order valence-corrected chi connectivity index (χ4v) is 1.53. The van der Waals surface area contributed by atoms with Crippen LogP contribution in [0.4, 0.5) is 0 Å². The second-order valence-electron chi connectivity index (χ2n) is 3.20. The van der Waals surface area contributed by atoms with E-state index in [0.717, 1.165) is 11.5 Å². The first-order valence-corrected chi connectivity index (χ1v) is 6.18. The standard InChI is InChI=1S/C7H16S2.CH3NS2/c1-3-4-7(2,5-8)6-9;2-1(3)4/h8-9H,3-6H2,1-2H3;(H3,2,3,4)/p-1. The van der Waals surface area contributed by atoms with Gasteiger partial charge in [0.25, 0.3) is 0 Å². The van der Waals surface area contributed by atoms with Crippen molar-refractivity contribution in [3.8, 4) is 0 Å². The maximum atomic E-state index is 4.66. The van der Waals surface area contributed by atoms with E-state index in [4.69, 9.17) is 0 Å². The molecule has 0 unspecified atom stereocenters. The number of hydrogen-bond donors (Lipinski definition) is 3. The monoisotopic (exact) mass is 256 g/mol. The Morgan fingerprint density at radius 2 is 1.77 bits per heavy atom. The third-order valence-electron chi connectivity index (χ3n) is 1.62. The fourth-order valence-electron chi connectivity index (χ4n) is 0.812. The molecule has 0 atom stereocenters. The molecule has 0 rings (SSSR count). The lowest BCUT2D eigenvalue weighted by Crippen LogP contribution is -2.19. The van der Waals surface area contributed by atoms with Crippen molar-refractivity contribution in [2.75, 3.05) is 11.5 Å². The summed E-state index contributed by atoms with van der Waals surface area (Å²) in [5, 5.41) is 0. The highest BCUT2D eigenvalue weighted by molar-refractivity contribution is 8.00. The normalized spacial score (nSPS) is 10.2. The van der Waals surface area contributed by atoms with Crippen LogP contribution in [0.25, 0.3) is 0 Å². The summed E-state index contributed by atoms with van der Waals surface area (Å²) in [6.45, 7) is 4.43. The molecule has 0 radical (unpaired) electrons. The molecule has 0 fully saturated rings. The minimum absolute atomic E-state index is 0.0833. The maximum Gasteiger partial charge on any atom is -0.00360 e. The van der Waals surface area contributed by atoms with Gasteiger partial charge in [-0.3, -0.25) is 0 Å². The molecule has 0 bridgehead atoms. The van der Waals surface area contributed by atoms with Gasteiger partial charge < -0.3 is 30.6 Å². The van der Waals surface area contributed by atoms with E-state index in [1.165, 1.54) is 12.8 Å². The van der Waals surface area contributed by atoms with Crippen molar-refractivity contribution in [3.63, 3.8) is 0 Å². The molecule has 0 aromatic carbocycles. The first-order chi connectivity index (χ1) is 5.91. The molecule has 0 heterocycles. The molecule has 0 saturated carbocycles. The van der Waals surface area contributed by atoms with Gasteiger partial charge in [0.1, 0.15) is 0 Å². The fraction of sp³-hybridized carbons (Fsp3) is 0.875. The molecule has 0 aromatic rings. The van der Waals surface area contributed by atoms with Gasteiger partial charge in [0.15, 0.2) is 0 Å². The average molecular weight is 257 g/mol. The van der Waals surface area contributed by atoms with Gasteiger partial charge in [0, 0.05) is 0 Å². The quantitative estimate of drug-likeness (QED) is 0.409. The number of rotatable bonds is 4. The third kappa shape index (κ3) is 12.8. The predicted octanol–water partition coefficient (Wildman–Crippen LogP) is 2.43. The van der Waals surface area contributed by atoms with Crippen LogP contribution in [0.5, 0.6) is 0 Å². The van der Waals surface area contributed by atoms with Crippen LogP contribution in [0, 0.1) is 5.41 Å². The van der Waals surface area contributed by atoms with Gasteiger partial charge >= 0.3 is 0 Å². The van der Waals surface area contributed by atoms with Gasteiger partial charge in [0.05, 0.1) is 0 Å². The Morgan fingerprint density at radius 1 is 1.46 bits per heavy atom. The van der Waals surface area contributed by atoms with E-state index in [-0.39, 0.29) is 4.32 Å². The Labute approximate surface area is 103 Å². The van der Waals surface area contributed by atoms with Crippen molar-refractivity contribution in [2.45, 2.75) is 26.7 Å². The van der Waals surface area contributed by atoms with Crippen LogP contribution in [0.3, 0.4) is 0 Å². The second kappa shape index (κ2) is 9.37. The van der Waals surface area contributed by atoms with E-state index in [0.29, 0.717) is 5.41 Å². The molecule has 0 aromatic heterocycles. The Hall–Kier alpha value is 0.810. The SMILES string of the molecule is CCCC(C)(CS)CS.NC(=S)[S-]. The first-order valence-electron chi connectivity index (χ1n) is 4.10. The van der Waals surface area contributed by atoms with Gasteiger partial charge in [-0.1, -0.05) is 24.6 Å². The lowest BCUT2D eigenvalue weighted by atomic mass is 9.90. The molecule has 5 heteroatoms. The Morgan fingerprint density at radius 3 is 1.85 bits per heavy atom. The molecular weight excluding hydrogens is 238 g/mol. The van der Waals surface area contributed by atoms with E-state index >= 15 is 0 Å². The average Bonchev–Trinajstić information content (AvgIpc) is 2.04. The summed E-state index contributed by atoms with van der Waals surface area (Å²) in [5.74, 6) is 1.90. The molecule has 0 saturated heterocycles. The topological polar surface area (TPSA) is 26.0 Å². The summed E-state index contributed by atoms with van der Waals surface area (Å²) in [6.07, 6.45) is 2.47. The van der Waals surface area contributed by atoms with Crippen LogP contribution in [0.2, 0.25) is 0 Å². The highest BCUT2D eigenvalue weighted by Crippen LogP contribution is 2.25. The highest BCUT2D eigenvalue weighted by atomic mass is 32.1. The molecular formula is C8H18NS4-. The summed E-state index contributed by atoms with van der Waals surface area (Å²) in [6, 6.07) is 0. The minimum atomic E-state index is 0.0833. The van der Waals surface area contributed by atoms with E-state index in [2.05, 4.69) is 69.7 Å². The molecule has 0 aliphatic carbocycles. The first kappa shape index (κ1) is 16.2. The van der Waals surface area contributed by atoms with Gasteiger partial charge in [-0.2, -0.15) is 25.3 Å². The van der Waals surface area contributed by atoms with Gasteiger partial charge in [0.2, 0.25) is 0 Å². The van der Waals surface area contributed by atoms with Crippen LogP contribution < -0.4 is 5.73 Å². The Kier molecular flexibility index (Phi) is 11.7. The van der Waals surface area contributed by atoms with Crippen LogP contribution in [-0.4, -0.2) is 15.8 Å². The van der Waals surface area contributed by atoms with Crippen molar-refractivity contribution in [1.29, 1.82) is 0 Å². The van der Waals surface area contributed by atoms with Crippen molar-refractivity contribution < 1.29 is 0 Å². The zero-order chi connectivity index (χ0) is 10.9. The molecule has 0 spiro atoms. The van der Waals surface area contributed by atoms with Gasteiger partial charge in [-0.05, 0) is 23.3 Å². The zero-order valence-corrected chi connectivity index (χ0v) is 11.5. The smallest absolute Gasteiger partial charge is 0.00360 e. The summed E-state index contributed by atoms with van der Waals surface area (Å²) in [5.41, 5.74) is 5.02. The van der Waals surface area contributed by atoms with Crippen molar-refractivity contribution in [3.05, 3.63) is 0 Å². The van der Waals surface area contributed by atoms with Crippen LogP contribution in [0.1, 0.15) is 26.7 Å². The van der Waals surface area contributed by atoms with E-state index in [9.17, 15) is 0 Å². The van der Waals surface area contributed by atoms with Crippen LogP contribution in [0.15, 0.2) is 0 Å². The summed E-state index contributed by atoms with van der Waals surface area (Å²) >= 11 is 16.8. The van der Waals surface area contributed by atoms with Crippen molar-refractivity contribution in [2.24, 2.45) is 11.1 Å². The summed E-state index contributed by atoms with van der Waals surface area (Å²) in [7, 11) is 0. The Balaban J connectivity index is 0. The second-order valence-corrected chi connectivity index (χ2v) is 4.97. The third-order valence-corrected chi connectivity index (χ3v) is 3.14. The number of nitrogens with two attached hydrogens (primary N) is 1. The van der Waals surface area contributed by atoms with Crippen molar-refractivity contribution >= 4 is 54.4 Å². The molecule has 0 aliphatic heterocycles. The maximum absolute atomic E-state index is 4.66.